The average Bonchev–Trinajstić information content (AvgIpc) is 2.67. The molecular weight excluding hydrogens is 252 g/mol. The molecule has 1 rings (SSSR count). The first kappa shape index (κ1) is 16.8. The van der Waals surface area contributed by atoms with Crippen LogP contribution in [0.2, 0.25) is 0 Å². The lowest BCUT2D eigenvalue weighted by atomic mass is 9.89. The highest BCUT2D eigenvalue weighted by Gasteiger charge is 2.31. The quantitative estimate of drug-likeness (QED) is 0.334. The van der Waals surface area contributed by atoms with E-state index in [1.807, 2.05) is 13.8 Å². The van der Waals surface area contributed by atoms with Crippen LogP contribution in [0.4, 0.5) is 0 Å². The largest absolute Gasteiger partial charge is 0.453 e. The Morgan fingerprint density at radius 3 is 2.65 bits per heavy atom. The third-order valence-electron chi connectivity index (χ3n) is 3.40. The molecule has 0 aromatic heterocycles. The molecule has 0 heterocycles. The molecule has 0 bridgehead atoms. The van der Waals surface area contributed by atoms with Crippen LogP contribution >= 0.6 is 0 Å². The van der Waals surface area contributed by atoms with Gasteiger partial charge in [0.15, 0.2) is 0 Å². The fourth-order valence-corrected chi connectivity index (χ4v) is 2.38. The van der Waals surface area contributed by atoms with Crippen molar-refractivity contribution in [3.8, 4) is 11.8 Å². The zero-order valence-electron chi connectivity index (χ0n) is 13.5. The molecule has 0 saturated heterocycles. The summed E-state index contributed by atoms with van der Waals surface area (Å²) in [5.41, 5.74) is 1.15. The van der Waals surface area contributed by atoms with Gasteiger partial charge in [0, 0.05) is 5.92 Å². The molecule has 3 nitrogen and oxygen atoms in total. The third kappa shape index (κ3) is 5.38. The second-order valence-corrected chi connectivity index (χ2v) is 6.80. The van der Waals surface area contributed by atoms with E-state index in [1.165, 1.54) is 5.57 Å². The summed E-state index contributed by atoms with van der Waals surface area (Å²) >= 11 is 0. The number of carbonyl (C=O) groups excluding carboxylic acids is 1. The predicted molar refractivity (Wildman–Crippen MR) is 80.1 cm³/mol. The molecule has 0 N–H and O–H groups in total. The molecule has 1 aliphatic rings. The van der Waals surface area contributed by atoms with Gasteiger partial charge in [0.05, 0.1) is 11.7 Å². The van der Waals surface area contributed by atoms with Crippen molar-refractivity contribution in [2.75, 3.05) is 6.61 Å². The van der Waals surface area contributed by atoms with Crippen LogP contribution in [0.15, 0.2) is 11.6 Å². The molecule has 0 aromatic carbocycles. The highest BCUT2D eigenvalue weighted by molar-refractivity contribution is 5.88. The van der Waals surface area contributed by atoms with Gasteiger partial charge in [0.1, 0.15) is 6.61 Å². The van der Waals surface area contributed by atoms with Crippen molar-refractivity contribution in [3.05, 3.63) is 11.6 Å². The van der Waals surface area contributed by atoms with Crippen LogP contribution in [0.25, 0.3) is 0 Å². The molecule has 1 aliphatic carbocycles. The van der Waals surface area contributed by atoms with Gasteiger partial charge < -0.3 is 9.47 Å². The summed E-state index contributed by atoms with van der Waals surface area (Å²) < 4.78 is 11.1. The van der Waals surface area contributed by atoms with Crippen LogP contribution in [0.3, 0.4) is 0 Å². The minimum atomic E-state index is -0.516. The number of rotatable bonds is 5. The van der Waals surface area contributed by atoms with Gasteiger partial charge in [-0.3, -0.25) is 0 Å². The predicted octanol–water partition coefficient (Wildman–Crippen LogP) is 3.48. The monoisotopic (exact) mass is 278 g/mol. The molecule has 0 aromatic rings. The Morgan fingerprint density at radius 2 is 2.15 bits per heavy atom. The Balaban J connectivity index is 2.49. The maximum absolute atomic E-state index is 11.3. The molecule has 20 heavy (non-hydrogen) atoms. The summed E-state index contributed by atoms with van der Waals surface area (Å²) in [7, 11) is 0. The Kier molecular flexibility index (Phi) is 5.42. The molecule has 1 atom stereocenters. The van der Waals surface area contributed by atoms with Crippen LogP contribution in [-0.2, 0) is 14.3 Å². The van der Waals surface area contributed by atoms with Crippen molar-refractivity contribution < 1.29 is 14.3 Å². The maximum atomic E-state index is 11.3. The highest BCUT2D eigenvalue weighted by Crippen LogP contribution is 2.38. The molecule has 0 amide bonds. The Bertz CT molecular complexity index is 447. The smallest absolute Gasteiger partial charge is 0.384 e. The molecule has 0 saturated carbocycles. The van der Waals surface area contributed by atoms with E-state index in [4.69, 9.17) is 9.47 Å². The lowest BCUT2D eigenvalue weighted by Gasteiger charge is -2.30. The van der Waals surface area contributed by atoms with Gasteiger partial charge >= 0.3 is 5.97 Å². The van der Waals surface area contributed by atoms with Crippen molar-refractivity contribution in [1.82, 2.24) is 0 Å². The lowest BCUT2D eigenvalue weighted by molar-refractivity contribution is -0.149. The first-order chi connectivity index (χ1) is 9.15. The van der Waals surface area contributed by atoms with Crippen LogP contribution in [0, 0.1) is 17.3 Å². The van der Waals surface area contributed by atoms with E-state index < -0.39 is 11.6 Å². The Labute approximate surface area is 122 Å². The van der Waals surface area contributed by atoms with Gasteiger partial charge in [-0.2, -0.15) is 0 Å². The van der Waals surface area contributed by atoms with E-state index in [9.17, 15) is 4.79 Å². The minimum absolute atomic E-state index is 0.0442. The lowest BCUT2D eigenvalue weighted by Crippen LogP contribution is -2.36. The SMILES string of the molecule is CC#CC(=O)OCC(C)(C)OC(C)C1=CCC(C)(C)C1. The first-order valence-corrected chi connectivity index (χ1v) is 7.11. The van der Waals surface area contributed by atoms with E-state index in [1.54, 1.807) is 6.92 Å². The third-order valence-corrected chi connectivity index (χ3v) is 3.40. The van der Waals surface area contributed by atoms with Crippen molar-refractivity contribution >= 4 is 5.97 Å². The number of esters is 1. The van der Waals surface area contributed by atoms with E-state index in [0.29, 0.717) is 5.41 Å². The normalized spacial score (nSPS) is 18.8. The molecule has 0 spiro atoms. The van der Waals surface area contributed by atoms with Crippen LogP contribution in [0.1, 0.15) is 54.4 Å². The van der Waals surface area contributed by atoms with Crippen LogP contribution in [0.5, 0.6) is 0 Å². The highest BCUT2D eigenvalue weighted by atomic mass is 16.6. The van der Waals surface area contributed by atoms with E-state index >= 15 is 0 Å². The fourth-order valence-electron chi connectivity index (χ4n) is 2.38. The maximum Gasteiger partial charge on any atom is 0.384 e. The molecule has 0 aliphatic heterocycles. The minimum Gasteiger partial charge on any atom is -0.453 e. The number of hydrogen-bond donors (Lipinski definition) is 0. The van der Waals surface area contributed by atoms with E-state index in [-0.39, 0.29) is 12.7 Å². The average molecular weight is 278 g/mol. The van der Waals surface area contributed by atoms with Crippen molar-refractivity contribution in [2.45, 2.75) is 66.1 Å². The topological polar surface area (TPSA) is 35.5 Å². The molecule has 0 radical (unpaired) electrons. The van der Waals surface area contributed by atoms with Gasteiger partial charge in [0.25, 0.3) is 0 Å². The summed E-state index contributed by atoms with van der Waals surface area (Å²) in [5, 5.41) is 0. The van der Waals surface area contributed by atoms with Crippen molar-refractivity contribution in [1.29, 1.82) is 0 Å². The summed E-state index contributed by atoms with van der Waals surface area (Å²) in [5.74, 6) is 4.38. The second kappa shape index (κ2) is 6.45. The number of carbonyl (C=O) groups is 1. The van der Waals surface area contributed by atoms with Gasteiger partial charge in [-0.1, -0.05) is 25.8 Å². The van der Waals surface area contributed by atoms with Crippen molar-refractivity contribution in [3.63, 3.8) is 0 Å². The Hall–Kier alpha value is -1.27. The number of hydrogen-bond acceptors (Lipinski definition) is 3. The van der Waals surface area contributed by atoms with Gasteiger partial charge in [-0.25, -0.2) is 4.79 Å². The van der Waals surface area contributed by atoms with Crippen molar-refractivity contribution in [2.24, 2.45) is 5.41 Å². The second-order valence-electron chi connectivity index (χ2n) is 6.80. The standard InChI is InChI=1S/C17H26O3/c1-7-8-15(18)19-12-17(5,6)20-13(2)14-9-10-16(3,4)11-14/h9,13H,10-12H2,1-6H3. The summed E-state index contributed by atoms with van der Waals surface area (Å²) in [6.07, 6.45) is 4.47. The van der Waals surface area contributed by atoms with E-state index in [0.717, 1.165) is 12.8 Å². The fraction of sp³-hybridized carbons (Fsp3) is 0.706. The first-order valence-electron chi connectivity index (χ1n) is 7.11. The molecule has 1 unspecified atom stereocenters. The van der Waals surface area contributed by atoms with Crippen LogP contribution < -0.4 is 0 Å². The number of allylic oxidation sites excluding steroid dienone is 1. The van der Waals surface area contributed by atoms with E-state index in [2.05, 4.69) is 38.7 Å². The molecule has 3 heteroatoms. The molecule has 0 fully saturated rings. The zero-order chi connectivity index (χ0) is 15.4. The summed E-state index contributed by atoms with van der Waals surface area (Å²) in [6, 6.07) is 0. The zero-order valence-corrected chi connectivity index (χ0v) is 13.5. The number of ether oxygens (including phenoxy) is 2. The molecule has 112 valence electrons. The summed E-state index contributed by atoms with van der Waals surface area (Å²) in [6.45, 7) is 12.3. The molecular formula is C17H26O3. The Morgan fingerprint density at radius 1 is 1.50 bits per heavy atom. The summed E-state index contributed by atoms with van der Waals surface area (Å²) in [4.78, 5) is 11.3. The van der Waals surface area contributed by atoms with Gasteiger partial charge in [-0.05, 0) is 51.5 Å². The van der Waals surface area contributed by atoms with Crippen LogP contribution in [-0.4, -0.2) is 24.3 Å². The van der Waals surface area contributed by atoms with Gasteiger partial charge in [0.2, 0.25) is 0 Å². The van der Waals surface area contributed by atoms with Gasteiger partial charge in [-0.15, -0.1) is 0 Å².